The van der Waals surface area contributed by atoms with Crippen LogP contribution in [0.15, 0.2) is 52.9 Å². The van der Waals surface area contributed by atoms with Crippen molar-refractivity contribution in [1.82, 2.24) is 0 Å². The molecule has 1 unspecified atom stereocenters. The zero-order chi connectivity index (χ0) is 16.2. The van der Waals surface area contributed by atoms with Crippen molar-refractivity contribution in [2.24, 2.45) is 5.73 Å². The molecule has 0 aliphatic carbocycles. The molecule has 0 aliphatic heterocycles. The molecule has 1 atom stereocenters. The predicted molar refractivity (Wildman–Crippen MR) is 93.8 cm³/mol. The largest absolute Gasteiger partial charge is 0.494 e. The molecule has 0 fully saturated rings. The molecular formula is C20H23NO2. The van der Waals surface area contributed by atoms with E-state index in [1.165, 1.54) is 11.1 Å². The molecule has 0 aliphatic rings. The topological polar surface area (TPSA) is 48.4 Å². The third-order valence-electron chi connectivity index (χ3n) is 3.99. The Morgan fingerprint density at radius 3 is 2.39 bits per heavy atom. The SMILES string of the molecule is CCOc1ccc(CCc2ccc3cc(C(C)N)oc3c2)cc1. The molecule has 3 heteroatoms. The number of hydrogen-bond donors (Lipinski definition) is 1. The third kappa shape index (κ3) is 3.74. The minimum Gasteiger partial charge on any atom is -0.494 e. The van der Waals surface area contributed by atoms with Crippen LogP contribution in [-0.2, 0) is 12.8 Å². The van der Waals surface area contributed by atoms with Gasteiger partial charge in [0.1, 0.15) is 17.1 Å². The second-order valence-corrected chi connectivity index (χ2v) is 5.89. The number of rotatable bonds is 6. The molecule has 23 heavy (non-hydrogen) atoms. The van der Waals surface area contributed by atoms with Crippen molar-refractivity contribution < 1.29 is 9.15 Å². The van der Waals surface area contributed by atoms with Gasteiger partial charge in [0.15, 0.2) is 0 Å². The van der Waals surface area contributed by atoms with E-state index >= 15 is 0 Å². The molecule has 1 aromatic heterocycles. The van der Waals surface area contributed by atoms with Crippen LogP contribution < -0.4 is 10.5 Å². The van der Waals surface area contributed by atoms with Crippen molar-refractivity contribution in [2.45, 2.75) is 32.7 Å². The number of benzene rings is 2. The van der Waals surface area contributed by atoms with Crippen LogP contribution in [-0.4, -0.2) is 6.61 Å². The summed E-state index contributed by atoms with van der Waals surface area (Å²) in [7, 11) is 0. The van der Waals surface area contributed by atoms with Crippen LogP contribution in [0.2, 0.25) is 0 Å². The van der Waals surface area contributed by atoms with Gasteiger partial charge in [-0.25, -0.2) is 0 Å². The van der Waals surface area contributed by atoms with E-state index in [0.717, 1.165) is 35.3 Å². The minimum absolute atomic E-state index is 0.0743. The summed E-state index contributed by atoms with van der Waals surface area (Å²) >= 11 is 0. The third-order valence-corrected chi connectivity index (χ3v) is 3.99. The Morgan fingerprint density at radius 1 is 1.00 bits per heavy atom. The van der Waals surface area contributed by atoms with Gasteiger partial charge in [-0.15, -0.1) is 0 Å². The summed E-state index contributed by atoms with van der Waals surface area (Å²) in [5, 5.41) is 1.11. The van der Waals surface area contributed by atoms with Crippen molar-refractivity contribution in [3.63, 3.8) is 0 Å². The average Bonchev–Trinajstić information content (AvgIpc) is 2.98. The molecule has 3 aromatic rings. The van der Waals surface area contributed by atoms with E-state index in [1.807, 2.05) is 32.0 Å². The van der Waals surface area contributed by atoms with Crippen LogP contribution in [0, 0.1) is 0 Å². The van der Waals surface area contributed by atoms with Crippen molar-refractivity contribution in [3.05, 3.63) is 65.4 Å². The van der Waals surface area contributed by atoms with Crippen LogP contribution in [0.1, 0.15) is 36.8 Å². The van der Waals surface area contributed by atoms with E-state index in [9.17, 15) is 0 Å². The predicted octanol–water partition coefficient (Wildman–Crippen LogP) is 4.64. The highest BCUT2D eigenvalue weighted by Crippen LogP contribution is 2.24. The second kappa shape index (κ2) is 6.88. The summed E-state index contributed by atoms with van der Waals surface area (Å²) in [6.45, 7) is 4.63. The Kier molecular flexibility index (Phi) is 4.68. The molecule has 120 valence electrons. The highest BCUT2D eigenvalue weighted by atomic mass is 16.5. The monoisotopic (exact) mass is 309 g/mol. The zero-order valence-electron chi connectivity index (χ0n) is 13.7. The van der Waals surface area contributed by atoms with Gasteiger partial charge in [-0.1, -0.05) is 24.3 Å². The molecule has 3 rings (SSSR count). The number of hydrogen-bond acceptors (Lipinski definition) is 3. The number of furan rings is 1. The lowest BCUT2D eigenvalue weighted by molar-refractivity contribution is 0.340. The van der Waals surface area contributed by atoms with Gasteiger partial charge in [0.25, 0.3) is 0 Å². The fourth-order valence-corrected chi connectivity index (χ4v) is 2.68. The summed E-state index contributed by atoms with van der Waals surface area (Å²) in [4.78, 5) is 0. The lowest BCUT2D eigenvalue weighted by Crippen LogP contribution is -2.02. The Labute approximate surface area is 137 Å². The summed E-state index contributed by atoms with van der Waals surface area (Å²) in [6.07, 6.45) is 1.98. The van der Waals surface area contributed by atoms with E-state index in [0.29, 0.717) is 6.61 Å². The molecule has 2 aromatic carbocycles. The summed E-state index contributed by atoms with van der Waals surface area (Å²) in [6, 6.07) is 16.7. The Hall–Kier alpha value is -2.26. The maximum absolute atomic E-state index is 5.88. The molecule has 0 saturated carbocycles. The standard InChI is InChI=1S/C20H23NO2/c1-3-22-18-10-7-15(8-11-18)4-5-16-6-9-17-13-19(14(2)21)23-20(17)12-16/h6-14H,3-5,21H2,1-2H3. The first-order valence-corrected chi connectivity index (χ1v) is 8.15. The molecule has 2 N–H and O–H groups in total. The molecular weight excluding hydrogens is 286 g/mol. The normalized spacial score (nSPS) is 12.5. The molecule has 0 amide bonds. The lowest BCUT2D eigenvalue weighted by Gasteiger charge is -2.05. The summed E-state index contributed by atoms with van der Waals surface area (Å²) in [5.74, 6) is 1.76. The van der Waals surface area contributed by atoms with Crippen molar-refractivity contribution >= 4 is 11.0 Å². The van der Waals surface area contributed by atoms with Gasteiger partial charge in [-0.05, 0) is 62.1 Å². The lowest BCUT2D eigenvalue weighted by atomic mass is 10.0. The second-order valence-electron chi connectivity index (χ2n) is 5.89. The first-order chi connectivity index (χ1) is 11.2. The maximum Gasteiger partial charge on any atom is 0.134 e. The minimum atomic E-state index is -0.0743. The Morgan fingerprint density at radius 2 is 1.70 bits per heavy atom. The van der Waals surface area contributed by atoms with Gasteiger partial charge < -0.3 is 14.9 Å². The van der Waals surface area contributed by atoms with Gasteiger partial charge in [-0.3, -0.25) is 0 Å². The smallest absolute Gasteiger partial charge is 0.134 e. The van der Waals surface area contributed by atoms with Crippen molar-refractivity contribution in [3.8, 4) is 5.75 Å². The van der Waals surface area contributed by atoms with E-state index in [4.69, 9.17) is 14.9 Å². The van der Waals surface area contributed by atoms with Crippen molar-refractivity contribution in [2.75, 3.05) is 6.61 Å². The van der Waals surface area contributed by atoms with E-state index in [1.54, 1.807) is 0 Å². The van der Waals surface area contributed by atoms with E-state index < -0.39 is 0 Å². The molecule has 0 bridgehead atoms. The summed E-state index contributed by atoms with van der Waals surface area (Å²) in [5.41, 5.74) is 9.38. The molecule has 3 nitrogen and oxygen atoms in total. The highest BCUT2D eigenvalue weighted by molar-refractivity contribution is 5.78. The van der Waals surface area contributed by atoms with Gasteiger partial charge in [-0.2, -0.15) is 0 Å². The molecule has 1 heterocycles. The fraction of sp³-hybridized carbons (Fsp3) is 0.300. The van der Waals surface area contributed by atoms with Gasteiger partial charge in [0, 0.05) is 5.39 Å². The van der Waals surface area contributed by atoms with Crippen LogP contribution in [0.25, 0.3) is 11.0 Å². The Balaban J connectivity index is 1.68. The number of ether oxygens (including phenoxy) is 1. The number of fused-ring (bicyclic) bond motifs is 1. The van der Waals surface area contributed by atoms with Crippen LogP contribution >= 0.6 is 0 Å². The van der Waals surface area contributed by atoms with E-state index in [-0.39, 0.29) is 6.04 Å². The van der Waals surface area contributed by atoms with E-state index in [2.05, 4.69) is 30.3 Å². The molecule has 0 spiro atoms. The summed E-state index contributed by atoms with van der Waals surface area (Å²) < 4.78 is 11.3. The van der Waals surface area contributed by atoms with Crippen LogP contribution in [0.5, 0.6) is 5.75 Å². The van der Waals surface area contributed by atoms with Crippen LogP contribution in [0.4, 0.5) is 0 Å². The van der Waals surface area contributed by atoms with Crippen LogP contribution in [0.3, 0.4) is 0 Å². The van der Waals surface area contributed by atoms with Gasteiger partial charge in [0.05, 0.1) is 12.6 Å². The molecule has 0 radical (unpaired) electrons. The first kappa shape index (κ1) is 15.6. The maximum atomic E-state index is 5.88. The van der Waals surface area contributed by atoms with Crippen molar-refractivity contribution in [1.29, 1.82) is 0 Å². The van der Waals surface area contributed by atoms with Gasteiger partial charge >= 0.3 is 0 Å². The zero-order valence-corrected chi connectivity index (χ0v) is 13.7. The number of nitrogens with two attached hydrogens (primary N) is 1. The Bertz CT molecular complexity index is 772. The fourth-order valence-electron chi connectivity index (χ4n) is 2.68. The quantitative estimate of drug-likeness (QED) is 0.722. The number of aryl methyl sites for hydroxylation is 2. The molecule has 0 saturated heterocycles. The van der Waals surface area contributed by atoms with Gasteiger partial charge in [0.2, 0.25) is 0 Å². The first-order valence-electron chi connectivity index (χ1n) is 8.15. The average molecular weight is 309 g/mol. The highest BCUT2D eigenvalue weighted by Gasteiger charge is 2.08.